The van der Waals surface area contributed by atoms with Crippen LogP contribution in [0.4, 0.5) is 24.5 Å². The average Bonchev–Trinajstić information content (AvgIpc) is 2.83. The zero-order valence-electron chi connectivity index (χ0n) is 19.7. The van der Waals surface area contributed by atoms with Crippen LogP contribution in [-0.4, -0.2) is 28.0 Å². The number of ether oxygens (including phenoxy) is 1. The van der Waals surface area contributed by atoms with E-state index in [1.165, 1.54) is 37.4 Å². The Bertz CT molecular complexity index is 1360. The Morgan fingerprint density at radius 1 is 1.06 bits per heavy atom. The number of halogens is 4. The summed E-state index contributed by atoms with van der Waals surface area (Å²) in [5.41, 5.74) is 0.0490. The molecule has 0 saturated carbocycles. The molecule has 0 heterocycles. The Kier molecular flexibility index (Phi) is 8.20. The molecule has 192 valence electrons. The molecule has 3 rings (SSSR count). The van der Waals surface area contributed by atoms with Crippen molar-refractivity contribution in [2.24, 2.45) is 0 Å². The van der Waals surface area contributed by atoms with Gasteiger partial charge in [0.05, 0.1) is 24.0 Å². The van der Waals surface area contributed by atoms with Crippen molar-refractivity contribution < 1.29 is 31.1 Å². The van der Waals surface area contributed by atoms with Crippen molar-refractivity contribution in [3.05, 3.63) is 82.4 Å². The Morgan fingerprint density at radius 3 is 2.31 bits per heavy atom. The first-order valence-electron chi connectivity index (χ1n) is 10.8. The van der Waals surface area contributed by atoms with Gasteiger partial charge in [0.15, 0.2) is 0 Å². The topological polar surface area (TPSA) is 75.7 Å². The van der Waals surface area contributed by atoms with Gasteiger partial charge < -0.3 is 10.1 Å². The Balaban J connectivity index is 2.05. The lowest BCUT2D eigenvalue weighted by atomic mass is 10.1. The number of rotatable bonds is 8. The molecule has 0 fully saturated rings. The van der Waals surface area contributed by atoms with Crippen LogP contribution in [0.5, 0.6) is 5.75 Å². The first kappa shape index (κ1) is 27.3. The van der Waals surface area contributed by atoms with Gasteiger partial charge in [-0.25, -0.2) is 8.42 Å². The van der Waals surface area contributed by atoms with Gasteiger partial charge in [-0.05, 0) is 66.9 Å². The molecular formula is C25H24ClF3N2O4S. The van der Waals surface area contributed by atoms with Crippen LogP contribution in [-0.2, 0) is 27.4 Å². The molecule has 0 spiro atoms. The summed E-state index contributed by atoms with van der Waals surface area (Å²) in [5.74, 6) is -0.911. The summed E-state index contributed by atoms with van der Waals surface area (Å²) in [4.78, 5) is 12.8. The fourth-order valence-electron chi connectivity index (χ4n) is 3.50. The molecule has 1 N–H and O–H groups in total. The van der Waals surface area contributed by atoms with Crippen molar-refractivity contribution >= 4 is 38.9 Å². The molecule has 3 aromatic rings. The second-order valence-electron chi connectivity index (χ2n) is 7.92. The number of hydrogen-bond acceptors (Lipinski definition) is 4. The SMILES string of the molecule is CCc1ccc(N(CC(=O)Nc2ccc(Cl)cc2C(F)(F)F)S(=O)(=O)c2cc(C)ccc2OC)cc1. The van der Waals surface area contributed by atoms with Crippen molar-refractivity contribution in [3.63, 3.8) is 0 Å². The van der Waals surface area contributed by atoms with Gasteiger partial charge >= 0.3 is 6.18 Å². The van der Waals surface area contributed by atoms with Crippen LogP contribution in [0.15, 0.2) is 65.6 Å². The summed E-state index contributed by atoms with van der Waals surface area (Å²) in [7, 11) is -3.05. The quantitative estimate of drug-likeness (QED) is 0.376. The number of aryl methyl sites for hydroxylation is 2. The third kappa shape index (κ3) is 6.11. The predicted octanol–water partition coefficient (Wildman–Crippen LogP) is 6.07. The first-order chi connectivity index (χ1) is 16.9. The molecule has 0 saturated heterocycles. The number of nitrogens with one attached hydrogen (secondary N) is 1. The van der Waals surface area contributed by atoms with Gasteiger partial charge in [-0.15, -0.1) is 0 Å². The number of carbonyl (C=O) groups excluding carboxylic acids is 1. The highest BCUT2D eigenvalue weighted by molar-refractivity contribution is 7.93. The van der Waals surface area contributed by atoms with Gasteiger partial charge in [0.2, 0.25) is 5.91 Å². The smallest absolute Gasteiger partial charge is 0.418 e. The Morgan fingerprint density at radius 2 is 1.72 bits per heavy atom. The van der Waals surface area contributed by atoms with Gasteiger partial charge in [-0.3, -0.25) is 9.10 Å². The maximum atomic E-state index is 13.7. The van der Waals surface area contributed by atoms with E-state index >= 15 is 0 Å². The van der Waals surface area contributed by atoms with E-state index in [1.807, 2.05) is 6.92 Å². The second kappa shape index (κ2) is 10.8. The molecular weight excluding hydrogens is 517 g/mol. The highest BCUT2D eigenvalue weighted by atomic mass is 35.5. The maximum absolute atomic E-state index is 13.7. The molecule has 3 aromatic carbocycles. The average molecular weight is 541 g/mol. The van der Waals surface area contributed by atoms with Crippen LogP contribution < -0.4 is 14.4 Å². The van der Waals surface area contributed by atoms with Gasteiger partial charge in [0, 0.05) is 5.02 Å². The van der Waals surface area contributed by atoms with E-state index in [4.69, 9.17) is 16.3 Å². The van der Waals surface area contributed by atoms with E-state index in [0.29, 0.717) is 18.1 Å². The predicted molar refractivity (Wildman–Crippen MR) is 133 cm³/mol. The number of alkyl halides is 3. The summed E-state index contributed by atoms with van der Waals surface area (Å²) in [6, 6.07) is 14.0. The van der Waals surface area contributed by atoms with E-state index in [2.05, 4.69) is 5.32 Å². The third-order valence-electron chi connectivity index (χ3n) is 5.37. The van der Waals surface area contributed by atoms with Gasteiger partial charge in [0.25, 0.3) is 10.0 Å². The van der Waals surface area contributed by atoms with Gasteiger partial charge in [-0.2, -0.15) is 13.2 Å². The van der Waals surface area contributed by atoms with Crippen LogP contribution in [0.1, 0.15) is 23.6 Å². The lowest BCUT2D eigenvalue weighted by molar-refractivity contribution is -0.137. The van der Waals surface area contributed by atoms with Crippen LogP contribution in [0, 0.1) is 6.92 Å². The molecule has 0 aliphatic carbocycles. The molecule has 1 amide bonds. The zero-order valence-corrected chi connectivity index (χ0v) is 21.3. The minimum absolute atomic E-state index is 0.0632. The normalized spacial score (nSPS) is 11.8. The number of amides is 1. The standard InChI is InChI=1S/C25H24ClF3N2O4S/c1-4-17-6-9-19(10-7-17)31(36(33,34)23-13-16(2)5-12-22(23)35-3)15-24(32)30-21-11-8-18(26)14-20(21)25(27,28)29/h5-14H,4,15H2,1-3H3,(H,30,32). The molecule has 0 aliphatic rings. The number of anilines is 2. The van der Waals surface area contributed by atoms with Crippen LogP contribution in [0.3, 0.4) is 0 Å². The number of hydrogen-bond donors (Lipinski definition) is 1. The lowest BCUT2D eigenvalue weighted by Crippen LogP contribution is -2.38. The van der Waals surface area contributed by atoms with Gasteiger partial charge in [-0.1, -0.05) is 36.7 Å². The minimum Gasteiger partial charge on any atom is -0.495 e. The molecule has 6 nitrogen and oxygen atoms in total. The summed E-state index contributed by atoms with van der Waals surface area (Å²) in [6.45, 7) is 2.84. The number of carbonyl (C=O) groups is 1. The summed E-state index contributed by atoms with van der Waals surface area (Å²) in [5, 5.41) is 2.02. The maximum Gasteiger partial charge on any atom is 0.418 e. The first-order valence-corrected chi connectivity index (χ1v) is 12.6. The zero-order chi connectivity index (χ0) is 26.7. The van der Waals surface area contributed by atoms with Crippen molar-refractivity contribution in [2.75, 3.05) is 23.3 Å². The molecule has 0 atom stereocenters. The van der Waals surface area contributed by atoms with E-state index < -0.39 is 39.9 Å². The Labute approximate surface area is 212 Å². The van der Waals surface area contributed by atoms with Crippen LogP contribution >= 0.6 is 11.6 Å². The molecule has 0 unspecified atom stereocenters. The molecule has 0 aliphatic heterocycles. The molecule has 0 aromatic heterocycles. The van der Waals surface area contributed by atoms with E-state index in [0.717, 1.165) is 15.9 Å². The number of nitrogens with zero attached hydrogens (tertiary/aromatic N) is 1. The summed E-state index contributed by atoms with van der Waals surface area (Å²) < 4.78 is 74.0. The fourth-order valence-corrected chi connectivity index (χ4v) is 5.33. The molecule has 36 heavy (non-hydrogen) atoms. The lowest BCUT2D eigenvalue weighted by Gasteiger charge is -2.25. The third-order valence-corrected chi connectivity index (χ3v) is 7.40. The molecule has 11 heteroatoms. The minimum atomic E-state index is -4.79. The molecule has 0 bridgehead atoms. The highest BCUT2D eigenvalue weighted by Gasteiger charge is 2.35. The van der Waals surface area contributed by atoms with Gasteiger partial charge in [0.1, 0.15) is 17.2 Å². The number of methoxy groups -OCH3 is 1. The number of sulfonamides is 1. The van der Waals surface area contributed by atoms with E-state index in [1.54, 1.807) is 25.1 Å². The highest BCUT2D eigenvalue weighted by Crippen LogP contribution is 2.37. The fraction of sp³-hybridized carbons (Fsp3) is 0.240. The van der Waals surface area contributed by atoms with Crippen LogP contribution in [0.25, 0.3) is 0 Å². The van der Waals surface area contributed by atoms with E-state index in [-0.39, 0.29) is 21.4 Å². The Hall–Kier alpha value is -3.24. The summed E-state index contributed by atoms with van der Waals surface area (Å²) >= 11 is 5.71. The van der Waals surface area contributed by atoms with Crippen LogP contribution in [0.2, 0.25) is 5.02 Å². The summed E-state index contributed by atoms with van der Waals surface area (Å²) in [6.07, 6.45) is -4.08. The second-order valence-corrected chi connectivity index (χ2v) is 10.2. The van der Waals surface area contributed by atoms with E-state index in [9.17, 15) is 26.4 Å². The van der Waals surface area contributed by atoms with Crippen molar-refractivity contribution in [2.45, 2.75) is 31.3 Å². The van der Waals surface area contributed by atoms with Crippen molar-refractivity contribution in [3.8, 4) is 5.75 Å². The monoisotopic (exact) mass is 540 g/mol. The largest absolute Gasteiger partial charge is 0.495 e. The number of benzene rings is 3. The van der Waals surface area contributed by atoms with Crippen molar-refractivity contribution in [1.82, 2.24) is 0 Å². The van der Waals surface area contributed by atoms with Crippen molar-refractivity contribution in [1.29, 1.82) is 0 Å². The molecule has 0 radical (unpaired) electrons.